The number of hydrogen-bond acceptors (Lipinski definition) is 1. The van der Waals surface area contributed by atoms with Gasteiger partial charge < -0.3 is 4.74 Å². The summed E-state index contributed by atoms with van der Waals surface area (Å²) in [7, 11) is 0. The number of nitrogens with zero attached hydrogens (tertiary/aromatic N) is 1. The van der Waals surface area contributed by atoms with Crippen LogP contribution in [0.25, 0.3) is 22.2 Å². The van der Waals surface area contributed by atoms with Gasteiger partial charge in [0.15, 0.2) is 5.82 Å². The van der Waals surface area contributed by atoms with E-state index in [0.29, 0.717) is 0 Å². The molecule has 0 aliphatic carbocycles. The normalized spacial score (nSPS) is 11.9. The van der Waals surface area contributed by atoms with Crippen molar-refractivity contribution in [2.24, 2.45) is 0 Å². The maximum atomic E-state index is 14.3. The highest BCUT2D eigenvalue weighted by molar-refractivity contribution is 5.87. The second kappa shape index (κ2) is 5.01. The fourth-order valence-corrected chi connectivity index (χ4v) is 2.22. The minimum absolute atomic E-state index is 0.0469. The molecule has 2 nitrogen and oxygen atoms in total. The zero-order valence-corrected chi connectivity index (χ0v) is 10.9. The van der Waals surface area contributed by atoms with Gasteiger partial charge in [-0.25, -0.2) is 4.39 Å². The molecular weight excluding hydrogens is 305 g/mol. The third kappa shape index (κ3) is 2.49. The molecule has 0 radical (unpaired) electrons. The summed E-state index contributed by atoms with van der Waals surface area (Å²) < 4.78 is 68.5. The van der Waals surface area contributed by atoms with Gasteiger partial charge in [-0.3, -0.25) is 0 Å². The Balaban J connectivity index is 2.05. The van der Waals surface area contributed by atoms with E-state index in [2.05, 4.69) is 4.74 Å². The van der Waals surface area contributed by atoms with Crippen molar-refractivity contribution in [1.82, 2.24) is 4.79 Å². The largest absolute Gasteiger partial charge is 0.573 e. The van der Waals surface area contributed by atoms with Gasteiger partial charge in [-0.2, -0.15) is 4.79 Å². The first kappa shape index (κ1) is 14.4. The summed E-state index contributed by atoms with van der Waals surface area (Å²) >= 11 is 0. The van der Waals surface area contributed by atoms with Gasteiger partial charge in [0.1, 0.15) is 11.4 Å². The molecule has 0 spiro atoms. The van der Waals surface area contributed by atoms with Gasteiger partial charge in [-0.1, -0.05) is 16.6 Å². The van der Waals surface area contributed by atoms with E-state index in [1.807, 2.05) is 0 Å². The van der Waals surface area contributed by atoms with Crippen LogP contribution in [0.15, 0.2) is 48.5 Å². The zero-order chi connectivity index (χ0) is 15.9. The molecule has 0 amide bonds. The zero-order valence-electron chi connectivity index (χ0n) is 10.9. The van der Waals surface area contributed by atoms with E-state index in [9.17, 15) is 22.0 Å². The Labute approximate surface area is 121 Å². The van der Waals surface area contributed by atoms with E-state index in [-0.39, 0.29) is 26.9 Å². The Bertz CT molecular complexity index is 781. The maximum Gasteiger partial charge on any atom is 0.573 e. The smallest absolute Gasteiger partial charge is 0.406 e. The van der Waals surface area contributed by atoms with Gasteiger partial charge in [-0.05, 0) is 36.4 Å². The molecule has 3 aromatic rings. The van der Waals surface area contributed by atoms with Gasteiger partial charge in [0.2, 0.25) is 0 Å². The molecule has 114 valence electrons. The van der Waals surface area contributed by atoms with Crippen LogP contribution < -0.4 is 4.74 Å². The maximum absolute atomic E-state index is 14.3. The Morgan fingerprint density at radius 1 is 0.909 bits per heavy atom. The van der Waals surface area contributed by atoms with Crippen molar-refractivity contribution in [2.45, 2.75) is 6.36 Å². The third-order valence-electron chi connectivity index (χ3n) is 3.12. The number of fused-ring (bicyclic) bond motifs is 1. The minimum Gasteiger partial charge on any atom is -0.406 e. The number of ether oxygens (including phenoxy) is 1. The predicted molar refractivity (Wildman–Crippen MR) is 70.5 cm³/mol. The highest BCUT2D eigenvalue weighted by Crippen LogP contribution is 2.33. The van der Waals surface area contributed by atoms with Crippen molar-refractivity contribution >= 4 is 10.9 Å². The summed E-state index contributed by atoms with van der Waals surface area (Å²) in [5.41, 5.74) is -0.198. The summed E-state index contributed by atoms with van der Waals surface area (Å²) in [5, 5.41) is 0.0932. The fourth-order valence-electron chi connectivity index (χ4n) is 2.22. The van der Waals surface area contributed by atoms with E-state index in [0.717, 1.165) is 24.3 Å². The Morgan fingerprint density at radius 3 is 2.14 bits per heavy atom. The van der Waals surface area contributed by atoms with E-state index in [4.69, 9.17) is 0 Å². The van der Waals surface area contributed by atoms with Crippen molar-refractivity contribution in [3.05, 3.63) is 54.3 Å². The number of halogens is 5. The standard InChI is InChI=1S/C15H8F5NO/c16-13-11-3-1-2-4-12(11)21(20)14(13)9-5-7-10(8-6-9)22-15(17,18)19/h1-8H. The lowest BCUT2D eigenvalue weighted by Crippen LogP contribution is -2.16. The molecule has 0 aliphatic heterocycles. The molecule has 0 unspecified atom stereocenters. The second-order valence-corrected chi connectivity index (χ2v) is 4.53. The van der Waals surface area contributed by atoms with Gasteiger partial charge in [0.05, 0.1) is 5.52 Å². The lowest BCUT2D eigenvalue weighted by atomic mass is 10.1. The molecule has 7 heteroatoms. The van der Waals surface area contributed by atoms with Crippen molar-refractivity contribution in [2.75, 3.05) is 0 Å². The summed E-state index contributed by atoms with van der Waals surface area (Å²) in [6, 6.07) is 10.3. The summed E-state index contributed by atoms with van der Waals surface area (Å²) in [6.07, 6.45) is -4.82. The SMILES string of the molecule is Fc1c(-c2ccc(OC(F)(F)F)cc2)n(F)c2ccccc12. The van der Waals surface area contributed by atoms with Crippen molar-refractivity contribution in [3.63, 3.8) is 0 Å². The third-order valence-corrected chi connectivity index (χ3v) is 3.12. The van der Waals surface area contributed by atoms with Gasteiger partial charge in [0.25, 0.3) is 0 Å². The minimum atomic E-state index is -4.82. The first-order valence-corrected chi connectivity index (χ1v) is 6.18. The molecule has 0 bridgehead atoms. The van der Waals surface area contributed by atoms with E-state index >= 15 is 0 Å². The Morgan fingerprint density at radius 2 is 1.55 bits per heavy atom. The summed E-state index contributed by atoms with van der Waals surface area (Å²) in [6.45, 7) is 0. The predicted octanol–water partition coefficient (Wildman–Crippen LogP) is 5.08. The number of aromatic nitrogens is 1. The Kier molecular flexibility index (Phi) is 3.27. The van der Waals surface area contributed by atoms with Crippen LogP contribution in [0.3, 0.4) is 0 Å². The highest BCUT2D eigenvalue weighted by Gasteiger charge is 2.31. The lowest BCUT2D eigenvalue weighted by Gasteiger charge is -2.09. The van der Waals surface area contributed by atoms with Crippen LogP contribution in [0.1, 0.15) is 0 Å². The molecule has 22 heavy (non-hydrogen) atoms. The molecule has 1 heterocycles. The molecule has 1 aromatic heterocycles. The molecule has 0 saturated heterocycles. The number of hydrogen-bond donors (Lipinski definition) is 0. The summed E-state index contributed by atoms with van der Waals surface area (Å²) in [5.74, 6) is -1.24. The highest BCUT2D eigenvalue weighted by atomic mass is 19.4. The van der Waals surface area contributed by atoms with Crippen molar-refractivity contribution in [3.8, 4) is 17.0 Å². The van der Waals surface area contributed by atoms with Crippen LogP contribution in [0.5, 0.6) is 5.75 Å². The van der Waals surface area contributed by atoms with Crippen LogP contribution in [0.2, 0.25) is 0 Å². The van der Waals surface area contributed by atoms with Crippen LogP contribution in [0, 0.1) is 5.82 Å². The molecule has 3 rings (SSSR count). The molecule has 0 N–H and O–H groups in total. The number of rotatable bonds is 2. The average Bonchev–Trinajstić information content (AvgIpc) is 2.71. The molecule has 2 aromatic carbocycles. The average molecular weight is 313 g/mol. The van der Waals surface area contributed by atoms with Crippen LogP contribution in [-0.4, -0.2) is 11.2 Å². The van der Waals surface area contributed by atoms with Gasteiger partial charge in [-0.15, -0.1) is 13.2 Å². The lowest BCUT2D eigenvalue weighted by molar-refractivity contribution is -0.274. The Hall–Kier alpha value is -2.57. The van der Waals surface area contributed by atoms with Crippen LogP contribution in [-0.2, 0) is 0 Å². The molecule has 0 aliphatic rings. The van der Waals surface area contributed by atoms with Crippen LogP contribution in [0.4, 0.5) is 22.0 Å². The van der Waals surface area contributed by atoms with E-state index in [1.54, 1.807) is 12.1 Å². The molecule has 0 fully saturated rings. The van der Waals surface area contributed by atoms with Crippen LogP contribution >= 0.6 is 0 Å². The number of alkyl halides is 3. The van der Waals surface area contributed by atoms with Gasteiger partial charge >= 0.3 is 6.36 Å². The molecular formula is C15H8F5NO. The number of benzene rings is 2. The monoisotopic (exact) mass is 313 g/mol. The van der Waals surface area contributed by atoms with E-state index in [1.165, 1.54) is 12.1 Å². The first-order chi connectivity index (χ1) is 10.4. The summed E-state index contributed by atoms with van der Waals surface area (Å²) in [4.78, 5) is 0.171. The van der Waals surface area contributed by atoms with E-state index < -0.39 is 17.9 Å². The second-order valence-electron chi connectivity index (χ2n) is 4.53. The fraction of sp³-hybridized carbons (Fsp3) is 0.0667. The van der Waals surface area contributed by atoms with Crippen molar-refractivity contribution < 1.29 is 26.8 Å². The molecule has 0 saturated carbocycles. The first-order valence-electron chi connectivity index (χ1n) is 6.18. The molecule has 0 atom stereocenters. The topological polar surface area (TPSA) is 14.2 Å². The van der Waals surface area contributed by atoms with Crippen molar-refractivity contribution in [1.29, 1.82) is 0 Å². The van der Waals surface area contributed by atoms with Gasteiger partial charge in [0, 0.05) is 10.9 Å². The quantitative estimate of drug-likeness (QED) is 0.602. The number of para-hydroxylation sites is 1.